The molecule has 0 unspecified atom stereocenters. The van der Waals surface area contributed by atoms with Crippen molar-refractivity contribution in [2.24, 2.45) is 0 Å². The Labute approximate surface area is 82.2 Å². The lowest BCUT2D eigenvalue weighted by molar-refractivity contribution is 0.208. The lowest BCUT2D eigenvalue weighted by Gasteiger charge is -2.02. The Morgan fingerprint density at radius 3 is 1.73 bits per heavy atom. The normalized spacial score (nSPS) is 9.33. The van der Waals surface area contributed by atoms with E-state index in [0.717, 1.165) is 0 Å². The summed E-state index contributed by atoms with van der Waals surface area (Å²) in [6.07, 6.45) is -2.80. The first-order valence-electron chi connectivity index (χ1n) is 3.49. The zero-order valence-corrected chi connectivity index (χ0v) is 7.13. The van der Waals surface area contributed by atoms with Gasteiger partial charge in [-0.15, -0.1) is 0 Å². The number of nitrogens with zero attached hydrogens (tertiary/aromatic N) is 3. The molecule has 0 atom stereocenters. The van der Waals surface area contributed by atoms with Crippen molar-refractivity contribution in [2.75, 3.05) is 16.4 Å². The van der Waals surface area contributed by atoms with Crippen LogP contribution in [0.1, 0.15) is 0 Å². The Kier molecular flexibility index (Phi) is 2.81. The van der Waals surface area contributed by atoms with Crippen LogP contribution in [0.5, 0.6) is 0 Å². The molecule has 0 aliphatic rings. The average Bonchev–Trinajstić information content (AvgIpc) is 1.98. The minimum absolute atomic E-state index is 0.308. The van der Waals surface area contributed by atoms with Crippen molar-refractivity contribution in [3.05, 3.63) is 0 Å². The lowest BCUT2D eigenvalue weighted by Crippen LogP contribution is -2.16. The Morgan fingerprint density at radius 1 is 1.00 bits per heavy atom. The molecule has 1 aromatic rings. The third-order valence-electron chi connectivity index (χ3n) is 1.09. The van der Waals surface area contributed by atoms with E-state index in [4.69, 9.17) is 15.9 Å². The highest BCUT2D eigenvalue weighted by Crippen LogP contribution is 2.06. The molecule has 10 heteroatoms. The molecule has 0 aromatic carbocycles. The SMILES string of the molecule is Nc1nc(NC(=O)O)nc(NC(=O)O)n1. The van der Waals surface area contributed by atoms with Crippen molar-refractivity contribution in [3.63, 3.8) is 0 Å². The second-order valence-electron chi connectivity index (χ2n) is 2.20. The highest BCUT2D eigenvalue weighted by Gasteiger charge is 2.08. The molecule has 1 heterocycles. The summed E-state index contributed by atoms with van der Waals surface area (Å²) >= 11 is 0. The van der Waals surface area contributed by atoms with E-state index in [1.807, 2.05) is 0 Å². The van der Waals surface area contributed by atoms with E-state index >= 15 is 0 Å². The summed E-state index contributed by atoms with van der Waals surface area (Å²) in [5.74, 6) is -1.03. The summed E-state index contributed by atoms with van der Waals surface area (Å²) < 4.78 is 0. The predicted molar refractivity (Wildman–Crippen MR) is 47.5 cm³/mol. The predicted octanol–water partition coefficient (Wildman–Crippen LogP) is -0.366. The number of hydrogen-bond donors (Lipinski definition) is 5. The number of hydrogen-bond acceptors (Lipinski definition) is 6. The molecular formula is C5H6N6O4. The van der Waals surface area contributed by atoms with E-state index < -0.39 is 12.2 Å². The van der Waals surface area contributed by atoms with Gasteiger partial charge in [0.2, 0.25) is 17.8 Å². The Morgan fingerprint density at radius 2 is 1.40 bits per heavy atom. The third-order valence-corrected chi connectivity index (χ3v) is 1.09. The van der Waals surface area contributed by atoms with E-state index in [0.29, 0.717) is 0 Å². The van der Waals surface area contributed by atoms with Crippen LogP contribution in [-0.2, 0) is 0 Å². The van der Waals surface area contributed by atoms with Crippen LogP contribution >= 0.6 is 0 Å². The van der Waals surface area contributed by atoms with E-state index in [1.54, 1.807) is 10.6 Å². The van der Waals surface area contributed by atoms with Gasteiger partial charge in [-0.25, -0.2) is 9.59 Å². The first-order chi connectivity index (χ1) is 6.97. The molecule has 2 amide bonds. The van der Waals surface area contributed by atoms with Gasteiger partial charge in [0.25, 0.3) is 0 Å². The molecule has 0 fully saturated rings. The van der Waals surface area contributed by atoms with Gasteiger partial charge >= 0.3 is 12.2 Å². The van der Waals surface area contributed by atoms with Gasteiger partial charge in [0, 0.05) is 0 Å². The van der Waals surface area contributed by atoms with Crippen LogP contribution in [-0.4, -0.2) is 37.4 Å². The zero-order valence-electron chi connectivity index (χ0n) is 7.13. The summed E-state index contributed by atoms with van der Waals surface area (Å²) in [5.41, 5.74) is 5.18. The number of aromatic nitrogens is 3. The van der Waals surface area contributed by atoms with E-state index in [1.165, 1.54) is 0 Å². The zero-order chi connectivity index (χ0) is 11.4. The molecule has 0 aliphatic heterocycles. The van der Waals surface area contributed by atoms with Crippen molar-refractivity contribution < 1.29 is 19.8 Å². The van der Waals surface area contributed by atoms with Crippen LogP contribution in [0.4, 0.5) is 27.4 Å². The molecule has 1 rings (SSSR count). The molecule has 15 heavy (non-hydrogen) atoms. The van der Waals surface area contributed by atoms with Gasteiger partial charge in [-0.2, -0.15) is 15.0 Å². The number of amides is 2. The highest BCUT2D eigenvalue weighted by molar-refractivity contribution is 5.82. The standard InChI is InChI=1S/C5H6N6O4/c6-1-7-2(10-4(12)13)9-3(8-1)11-5(14)15/h(H,12,13)(H,14,15)(H4,6,7,8,9,10,11). The monoisotopic (exact) mass is 214 g/mol. The Hall–Kier alpha value is -2.65. The summed E-state index contributed by atoms with van der Waals surface area (Å²) in [6, 6.07) is 0. The Balaban J connectivity index is 2.94. The molecule has 0 saturated heterocycles. The van der Waals surface area contributed by atoms with Crippen LogP contribution in [0.2, 0.25) is 0 Å². The smallest absolute Gasteiger partial charge is 0.411 e. The summed E-state index contributed by atoms with van der Waals surface area (Å²) in [7, 11) is 0. The van der Waals surface area contributed by atoms with Crippen LogP contribution < -0.4 is 16.4 Å². The van der Waals surface area contributed by atoms with Crippen molar-refractivity contribution >= 4 is 30.0 Å². The van der Waals surface area contributed by atoms with Gasteiger partial charge in [-0.1, -0.05) is 0 Å². The molecule has 80 valence electrons. The van der Waals surface area contributed by atoms with E-state index in [2.05, 4.69) is 15.0 Å². The average molecular weight is 214 g/mol. The number of anilines is 3. The van der Waals surface area contributed by atoms with Gasteiger partial charge in [0.05, 0.1) is 0 Å². The van der Waals surface area contributed by atoms with Crippen LogP contribution in [0.3, 0.4) is 0 Å². The van der Waals surface area contributed by atoms with Crippen molar-refractivity contribution in [3.8, 4) is 0 Å². The van der Waals surface area contributed by atoms with Gasteiger partial charge in [0.15, 0.2) is 0 Å². The fourth-order valence-electron chi connectivity index (χ4n) is 0.695. The van der Waals surface area contributed by atoms with Crippen LogP contribution in [0, 0.1) is 0 Å². The second kappa shape index (κ2) is 4.04. The van der Waals surface area contributed by atoms with Crippen molar-refractivity contribution in [1.29, 1.82) is 0 Å². The maximum atomic E-state index is 10.2. The number of rotatable bonds is 2. The third kappa shape index (κ3) is 3.30. The molecule has 6 N–H and O–H groups in total. The molecule has 0 aliphatic carbocycles. The first-order valence-corrected chi connectivity index (χ1v) is 3.49. The quantitative estimate of drug-likeness (QED) is 0.445. The second-order valence-corrected chi connectivity index (χ2v) is 2.20. The number of nitrogens with one attached hydrogen (secondary N) is 2. The maximum absolute atomic E-state index is 10.2. The summed E-state index contributed by atoms with van der Waals surface area (Å²) in [6.45, 7) is 0. The highest BCUT2D eigenvalue weighted by atomic mass is 16.4. The first kappa shape index (κ1) is 10.4. The van der Waals surface area contributed by atoms with Crippen molar-refractivity contribution in [1.82, 2.24) is 15.0 Å². The number of carboxylic acid groups (broad SMARTS) is 2. The van der Waals surface area contributed by atoms with Crippen LogP contribution in [0.15, 0.2) is 0 Å². The van der Waals surface area contributed by atoms with Gasteiger partial charge in [-0.05, 0) is 0 Å². The molecule has 10 nitrogen and oxygen atoms in total. The molecule has 0 spiro atoms. The minimum Gasteiger partial charge on any atom is -0.465 e. The molecule has 1 aromatic heterocycles. The lowest BCUT2D eigenvalue weighted by atomic mass is 10.8. The number of nitrogen functional groups attached to an aromatic ring is 1. The number of nitrogens with two attached hydrogens (primary N) is 1. The van der Waals surface area contributed by atoms with Crippen LogP contribution in [0.25, 0.3) is 0 Å². The van der Waals surface area contributed by atoms with Gasteiger partial charge < -0.3 is 15.9 Å². The Bertz CT molecular complexity index is 372. The fourth-order valence-corrected chi connectivity index (χ4v) is 0.695. The van der Waals surface area contributed by atoms with E-state index in [9.17, 15) is 9.59 Å². The maximum Gasteiger partial charge on any atom is 0.411 e. The van der Waals surface area contributed by atoms with Gasteiger partial charge in [-0.3, -0.25) is 10.6 Å². The summed E-state index contributed by atoms with van der Waals surface area (Å²) in [4.78, 5) is 30.7. The fraction of sp³-hybridized carbons (Fsp3) is 0. The topological polar surface area (TPSA) is 163 Å². The van der Waals surface area contributed by atoms with E-state index in [-0.39, 0.29) is 17.8 Å². The largest absolute Gasteiger partial charge is 0.465 e. The molecule has 0 bridgehead atoms. The summed E-state index contributed by atoms with van der Waals surface area (Å²) in [5, 5.41) is 20.3. The van der Waals surface area contributed by atoms with Gasteiger partial charge in [0.1, 0.15) is 0 Å². The molecular weight excluding hydrogens is 208 g/mol. The van der Waals surface area contributed by atoms with Crippen molar-refractivity contribution in [2.45, 2.75) is 0 Å². The number of carbonyl (C=O) groups is 2. The molecule has 0 radical (unpaired) electrons. The minimum atomic E-state index is -1.40. The molecule has 0 saturated carbocycles.